The van der Waals surface area contributed by atoms with Crippen molar-refractivity contribution in [1.29, 1.82) is 5.26 Å². The summed E-state index contributed by atoms with van der Waals surface area (Å²) in [5, 5.41) is 20.5. The molecule has 0 unspecified atom stereocenters. The topological polar surface area (TPSA) is 97.2 Å². The summed E-state index contributed by atoms with van der Waals surface area (Å²) in [5.41, 5.74) is 4.41. The molecule has 0 aliphatic heterocycles. The van der Waals surface area contributed by atoms with Crippen molar-refractivity contribution in [3.05, 3.63) is 83.1 Å². The summed E-state index contributed by atoms with van der Waals surface area (Å²) in [6, 6.07) is 17.2. The highest BCUT2D eigenvalue weighted by Gasteiger charge is 2.15. The fraction of sp³-hybridized carbons (Fsp3) is 0.167. The SMILES string of the molecule is COc1ccc(-n2c(C)cc(C=C(C#N)C(=O)NCc3nnc4ccccn34)c2C)cc1. The second-order valence-corrected chi connectivity index (χ2v) is 7.26. The summed E-state index contributed by atoms with van der Waals surface area (Å²) in [6.07, 6.45) is 3.44. The molecule has 3 heterocycles. The molecule has 0 radical (unpaired) electrons. The van der Waals surface area contributed by atoms with Crippen molar-refractivity contribution in [3.8, 4) is 17.5 Å². The lowest BCUT2D eigenvalue weighted by Gasteiger charge is -2.10. The first kappa shape index (κ1) is 20.9. The molecule has 1 aromatic carbocycles. The Morgan fingerprint density at radius 2 is 1.97 bits per heavy atom. The van der Waals surface area contributed by atoms with E-state index in [-0.39, 0.29) is 12.1 Å². The largest absolute Gasteiger partial charge is 0.497 e. The molecular weight excluding hydrogens is 404 g/mol. The van der Waals surface area contributed by atoms with E-state index < -0.39 is 5.91 Å². The van der Waals surface area contributed by atoms with Crippen molar-refractivity contribution < 1.29 is 9.53 Å². The van der Waals surface area contributed by atoms with Gasteiger partial charge in [-0.1, -0.05) is 6.07 Å². The van der Waals surface area contributed by atoms with Gasteiger partial charge in [0.15, 0.2) is 11.5 Å². The number of fused-ring (bicyclic) bond motifs is 1. The average Bonchev–Trinajstić information content (AvgIpc) is 3.35. The predicted molar refractivity (Wildman–Crippen MR) is 120 cm³/mol. The Hall–Kier alpha value is -4.38. The number of aromatic nitrogens is 4. The molecule has 0 saturated heterocycles. The number of aryl methyl sites for hydroxylation is 1. The van der Waals surface area contributed by atoms with Gasteiger partial charge in [-0.15, -0.1) is 10.2 Å². The van der Waals surface area contributed by atoms with Crippen LogP contribution in [0.5, 0.6) is 5.75 Å². The highest BCUT2D eigenvalue weighted by atomic mass is 16.5. The fourth-order valence-corrected chi connectivity index (χ4v) is 3.63. The van der Waals surface area contributed by atoms with Gasteiger partial charge in [0.25, 0.3) is 5.91 Å². The average molecular weight is 426 g/mol. The van der Waals surface area contributed by atoms with Gasteiger partial charge in [-0.05, 0) is 68.0 Å². The van der Waals surface area contributed by atoms with Crippen LogP contribution >= 0.6 is 0 Å². The molecule has 32 heavy (non-hydrogen) atoms. The summed E-state index contributed by atoms with van der Waals surface area (Å²) in [5.74, 6) is 0.901. The van der Waals surface area contributed by atoms with Crippen molar-refractivity contribution >= 4 is 17.6 Å². The summed E-state index contributed by atoms with van der Waals surface area (Å²) >= 11 is 0. The number of pyridine rings is 1. The lowest BCUT2D eigenvalue weighted by atomic mass is 10.1. The van der Waals surface area contributed by atoms with Crippen molar-refractivity contribution in [2.75, 3.05) is 7.11 Å². The van der Waals surface area contributed by atoms with Crippen LogP contribution in [0, 0.1) is 25.2 Å². The number of rotatable bonds is 6. The number of methoxy groups -OCH3 is 1. The predicted octanol–water partition coefficient (Wildman–Crippen LogP) is 3.37. The van der Waals surface area contributed by atoms with Crippen molar-refractivity contribution in [1.82, 2.24) is 24.5 Å². The maximum atomic E-state index is 12.7. The van der Waals surface area contributed by atoms with Gasteiger partial charge in [0.2, 0.25) is 0 Å². The maximum absolute atomic E-state index is 12.7. The molecule has 0 fully saturated rings. The quantitative estimate of drug-likeness (QED) is 0.377. The standard InChI is InChI=1S/C24H22N6O2/c1-16-12-18(17(2)30(16)20-7-9-21(32-3)10-8-20)13-19(14-25)24(31)26-15-23-28-27-22-6-4-5-11-29(22)23/h4-13H,15H2,1-3H3,(H,26,31). The van der Waals surface area contributed by atoms with E-state index in [1.165, 1.54) is 0 Å². The summed E-state index contributed by atoms with van der Waals surface area (Å²) < 4.78 is 9.09. The van der Waals surface area contributed by atoms with E-state index in [2.05, 4.69) is 20.1 Å². The van der Waals surface area contributed by atoms with Crippen LogP contribution in [0.25, 0.3) is 17.4 Å². The van der Waals surface area contributed by atoms with Crippen LogP contribution in [0.3, 0.4) is 0 Å². The van der Waals surface area contributed by atoms with Crippen LogP contribution in [0.2, 0.25) is 0 Å². The molecule has 0 aliphatic rings. The number of hydrogen-bond donors (Lipinski definition) is 1. The molecular formula is C24H22N6O2. The molecule has 3 aromatic heterocycles. The third-order valence-corrected chi connectivity index (χ3v) is 5.26. The Labute approximate surface area is 185 Å². The number of nitriles is 1. The first-order chi connectivity index (χ1) is 15.5. The number of carbonyl (C=O) groups is 1. The number of ether oxygens (including phenoxy) is 1. The third kappa shape index (κ3) is 3.96. The smallest absolute Gasteiger partial charge is 0.262 e. The van der Waals surface area contributed by atoms with E-state index in [0.717, 1.165) is 28.4 Å². The first-order valence-corrected chi connectivity index (χ1v) is 10.0. The Kier molecular flexibility index (Phi) is 5.73. The molecule has 8 nitrogen and oxygen atoms in total. The van der Waals surface area contributed by atoms with Gasteiger partial charge in [-0.25, -0.2) is 0 Å². The zero-order chi connectivity index (χ0) is 22.7. The van der Waals surface area contributed by atoms with Gasteiger partial charge < -0.3 is 14.6 Å². The molecule has 8 heteroatoms. The number of nitrogens with zero attached hydrogens (tertiary/aromatic N) is 5. The summed E-state index contributed by atoms with van der Waals surface area (Å²) in [6.45, 7) is 4.10. The lowest BCUT2D eigenvalue weighted by molar-refractivity contribution is -0.117. The lowest BCUT2D eigenvalue weighted by Crippen LogP contribution is -2.25. The monoisotopic (exact) mass is 426 g/mol. The van der Waals surface area contributed by atoms with Crippen molar-refractivity contribution in [2.24, 2.45) is 0 Å². The van der Waals surface area contributed by atoms with Gasteiger partial charge >= 0.3 is 0 Å². The van der Waals surface area contributed by atoms with Gasteiger partial charge in [0, 0.05) is 23.3 Å². The summed E-state index contributed by atoms with van der Waals surface area (Å²) in [7, 11) is 1.63. The van der Waals surface area contributed by atoms with E-state index in [9.17, 15) is 10.1 Å². The third-order valence-electron chi connectivity index (χ3n) is 5.26. The number of amides is 1. The van der Waals surface area contributed by atoms with Gasteiger partial charge in [0.1, 0.15) is 17.4 Å². The highest BCUT2D eigenvalue weighted by Crippen LogP contribution is 2.24. The number of hydrogen-bond acceptors (Lipinski definition) is 5. The van der Waals surface area contributed by atoms with E-state index in [0.29, 0.717) is 11.5 Å². The van der Waals surface area contributed by atoms with Crippen LogP contribution in [0.1, 0.15) is 22.8 Å². The molecule has 0 aliphatic carbocycles. The van der Waals surface area contributed by atoms with Gasteiger partial charge in [-0.2, -0.15) is 5.26 Å². The Balaban J connectivity index is 1.56. The number of benzene rings is 1. The molecule has 0 bridgehead atoms. The molecule has 160 valence electrons. The second kappa shape index (κ2) is 8.78. The zero-order valence-electron chi connectivity index (χ0n) is 18.0. The molecule has 0 saturated carbocycles. The first-order valence-electron chi connectivity index (χ1n) is 10.0. The number of nitrogens with one attached hydrogen (secondary N) is 1. The molecule has 1 amide bonds. The van der Waals surface area contributed by atoms with Crippen molar-refractivity contribution in [2.45, 2.75) is 20.4 Å². The Morgan fingerprint density at radius 3 is 2.69 bits per heavy atom. The van der Waals surface area contributed by atoms with Crippen LogP contribution in [-0.2, 0) is 11.3 Å². The van der Waals surface area contributed by atoms with Gasteiger partial charge in [-0.3, -0.25) is 9.20 Å². The molecule has 0 spiro atoms. The normalized spacial score (nSPS) is 11.4. The minimum absolute atomic E-state index is 0.0220. The molecule has 1 N–H and O–H groups in total. The Bertz CT molecular complexity index is 1360. The second-order valence-electron chi connectivity index (χ2n) is 7.26. The molecule has 4 rings (SSSR count). The fourth-order valence-electron chi connectivity index (χ4n) is 3.63. The highest BCUT2D eigenvalue weighted by molar-refractivity contribution is 6.01. The van der Waals surface area contributed by atoms with E-state index >= 15 is 0 Å². The van der Waals surface area contributed by atoms with E-state index in [1.807, 2.05) is 74.6 Å². The minimum atomic E-state index is -0.463. The van der Waals surface area contributed by atoms with Crippen LogP contribution in [-0.4, -0.2) is 32.2 Å². The minimum Gasteiger partial charge on any atom is -0.497 e. The molecule has 4 aromatic rings. The van der Waals surface area contributed by atoms with Crippen LogP contribution in [0.4, 0.5) is 0 Å². The van der Waals surface area contributed by atoms with Gasteiger partial charge in [0.05, 0.1) is 13.7 Å². The zero-order valence-corrected chi connectivity index (χ0v) is 18.0. The van der Waals surface area contributed by atoms with E-state index in [4.69, 9.17) is 4.74 Å². The van der Waals surface area contributed by atoms with Crippen LogP contribution < -0.4 is 10.1 Å². The summed E-state index contributed by atoms with van der Waals surface area (Å²) in [4.78, 5) is 12.7. The molecule has 0 atom stereocenters. The van der Waals surface area contributed by atoms with E-state index in [1.54, 1.807) is 17.6 Å². The van der Waals surface area contributed by atoms with Crippen LogP contribution in [0.15, 0.2) is 60.3 Å². The Morgan fingerprint density at radius 1 is 1.19 bits per heavy atom. The number of carbonyl (C=O) groups excluding carboxylic acids is 1. The van der Waals surface area contributed by atoms with Crippen molar-refractivity contribution in [3.63, 3.8) is 0 Å². The maximum Gasteiger partial charge on any atom is 0.262 e.